The molecule has 0 aliphatic carbocycles. The number of nitro groups is 1. The predicted molar refractivity (Wildman–Crippen MR) is 113 cm³/mol. The van der Waals surface area contributed by atoms with Crippen LogP contribution in [0.3, 0.4) is 0 Å². The molecule has 2 aromatic carbocycles. The highest BCUT2D eigenvalue weighted by atomic mass is 32.2. The fraction of sp³-hybridized carbons (Fsp3) is 0.350. The Kier molecular flexibility index (Phi) is 6.26. The number of nitro benzene ring substituents is 1. The number of carbonyl (C=O) groups excluding carboxylic acids is 1. The molecule has 11 nitrogen and oxygen atoms in total. The van der Waals surface area contributed by atoms with Gasteiger partial charge in [0.2, 0.25) is 22.7 Å². The Balaban J connectivity index is 1.29. The van der Waals surface area contributed by atoms with Gasteiger partial charge >= 0.3 is 0 Å². The van der Waals surface area contributed by atoms with Crippen LogP contribution in [0.1, 0.15) is 5.56 Å². The van der Waals surface area contributed by atoms with E-state index < -0.39 is 20.6 Å². The first-order valence-corrected chi connectivity index (χ1v) is 11.4. The maximum atomic E-state index is 12.9. The molecule has 2 aliphatic rings. The van der Waals surface area contributed by atoms with Crippen LogP contribution in [0.5, 0.6) is 11.5 Å². The van der Waals surface area contributed by atoms with Crippen molar-refractivity contribution >= 4 is 21.6 Å². The molecular weight excluding hydrogens is 440 g/mol. The number of fused-ring (bicyclic) bond motifs is 1. The summed E-state index contributed by atoms with van der Waals surface area (Å²) >= 11 is 0. The molecule has 2 aliphatic heterocycles. The molecule has 0 saturated carbocycles. The van der Waals surface area contributed by atoms with E-state index in [1.807, 2.05) is 17.0 Å². The standard InChI is InChI=1S/C20H22N4O7S/c25-20(21-12-15-5-6-17-18(11-15)31-14-30-17)13-22-7-9-23(10-8-22)32(28,29)19-4-2-1-3-16(19)24(26)27/h1-6,11H,7-10,12-14H2,(H,21,25). The topological polar surface area (TPSA) is 131 Å². The Morgan fingerprint density at radius 2 is 1.78 bits per heavy atom. The molecule has 1 N–H and O–H groups in total. The van der Waals surface area contributed by atoms with Gasteiger partial charge in [0.15, 0.2) is 16.4 Å². The summed E-state index contributed by atoms with van der Waals surface area (Å²) in [4.78, 5) is 24.4. The minimum absolute atomic E-state index is 0.129. The number of sulfonamides is 1. The number of carbonyl (C=O) groups is 1. The van der Waals surface area contributed by atoms with Gasteiger partial charge < -0.3 is 14.8 Å². The van der Waals surface area contributed by atoms with Gasteiger partial charge in [0.1, 0.15) is 0 Å². The van der Waals surface area contributed by atoms with Crippen LogP contribution in [-0.2, 0) is 21.4 Å². The van der Waals surface area contributed by atoms with E-state index in [1.54, 1.807) is 6.07 Å². The van der Waals surface area contributed by atoms with Crippen LogP contribution in [0.25, 0.3) is 0 Å². The molecule has 0 spiro atoms. The molecule has 12 heteroatoms. The van der Waals surface area contributed by atoms with Crippen molar-refractivity contribution in [3.05, 3.63) is 58.1 Å². The van der Waals surface area contributed by atoms with Crippen molar-refractivity contribution < 1.29 is 27.6 Å². The average Bonchev–Trinajstić information content (AvgIpc) is 3.26. The van der Waals surface area contributed by atoms with E-state index in [-0.39, 0.29) is 37.2 Å². The van der Waals surface area contributed by atoms with Gasteiger partial charge in [0.25, 0.3) is 5.69 Å². The van der Waals surface area contributed by atoms with E-state index in [9.17, 15) is 23.3 Å². The molecule has 170 valence electrons. The minimum atomic E-state index is -4.00. The molecule has 2 aromatic rings. The normalized spacial score (nSPS) is 16.6. The Morgan fingerprint density at radius 1 is 1.06 bits per heavy atom. The number of nitrogens with zero attached hydrogens (tertiary/aromatic N) is 3. The average molecular weight is 462 g/mol. The monoisotopic (exact) mass is 462 g/mol. The third kappa shape index (κ3) is 4.66. The lowest BCUT2D eigenvalue weighted by molar-refractivity contribution is -0.387. The van der Waals surface area contributed by atoms with Gasteiger partial charge in [0, 0.05) is 38.8 Å². The lowest BCUT2D eigenvalue weighted by atomic mass is 10.2. The van der Waals surface area contributed by atoms with Crippen LogP contribution in [0.2, 0.25) is 0 Å². The zero-order valence-corrected chi connectivity index (χ0v) is 17.9. The van der Waals surface area contributed by atoms with Crippen LogP contribution in [0, 0.1) is 10.1 Å². The Hall–Kier alpha value is -3.22. The second kappa shape index (κ2) is 9.10. The van der Waals surface area contributed by atoms with Crippen LogP contribution < -0.4 is 14.8 Å². The molecule has 4 rings (SSSR count). The number of piperazine rings is 1. The molecule has 2 heterocycles. The Morgan fingerprint density at radius 3 is 2.53 bits per heavy atom. The largest absolute Gasteiger partial charge is 0.454 e. The molecule has 0 radical (unpaired) electrons. The summed E-state index contributed by atoms with van der Waals surface area (Å²) in [6.07, 6.45) is 0. The van der Waals surface area contributed by atoms with E-state index in [1.165, 1.54) is 28.6 Å². The lowest BCUT2D eigenvalue weighted by Gasteiger charge is -2.33. The second-order valence-electron chi connectivity index (χ2n) is 7.37. The van der Waals surface area contributed by atoms with Crippen molar-refractivity contribution in [1.29, 1.82) is 0 Å². The summed E-state index contributed by atoms with van der Waals surface area (Å²) in [6, 6.07) is 10.8. The van der Waals surface area contributed by atoms with E-state index in [4.69, 9.17) is 9.47 Å². The van der Waals surface area contributed by atoms with Crippen molar-refractivity contribution in [2.45, 2.75) is 11.4 Å². The molecule has 1 amide bonds. The van der Waals surface area contributed by atoms with Crippen LogP contribution >= 0.6 is 0 Å². The van der Waals surface area contributed by atoms with Gasteiger partial charge in [-0.25, -0.2) is 8.42 Å². The number of ether oxygens (including phenoxy) is 2. The molecule has 1 fully saturated rings. The maximum Gasteiger partial charge on any atom is 0.289 e. The van der Waals surface area contributed by atoms with Crippen molar-refractivity contribution in [2.24, 2.45) is 0 Å². The number of benzene rings is 2. The van der Waals surface area contributed by atoms with E-state index in [0.717, 1.165) is 5.56 Å². The molecule has 32 heavy (non-hydrogen) atoms. The summed E-state index contributed by atoms with van der Waals surface area (Å²) in [5, 5.41) is 14.0. The summed E-state index contributed by atoms with van der Waals surface area (Å²) in [5.41, 5.74) is 0.431. The van der Waals surface area contributed by atoms with Crippen LogP contribution in [0.4, 0.5) is 5.69 Å². The Labute approximate surface area is 184 Å². The van der Waals surface area contributed by atoms with Crippen LogP contribution in [-0.4, -0.2) is 68.0 Å². The van der Waals surface area contributed by atoms with Crippen LogP contribution in [0.15, 0.2) is 47.4 Å². The number of hydrogen-bond acceptors (Lipinski definition) is 8. The summed E-state index contributed by atoms with van der Waals surface area (Å²) in [5.74, 6) is 1.14. The smallest absolute Gasteiger partial charge is 0.289 e. The van der Waals surface area contributed by atoms with Gasteiger partial charge in [0.05, 0.1) is 11.5 Å². The number of rotatable bonds is 7. The fourth-order valence-electron chi connectivity index (χ4n) is 3.60. The maximum absolute atomic E-state index is 12.9. The predicted octanol–water partition coefficient (Wildman–Crippen LogP) is 0.946. The van der Waals surface area contributed by atoms with Gasteiger partial charge in [-0.15, -0.1) is 0 Å². The van der Waals surface area contributed by atoms with Crippen molar-refractivity contribution in [1.82, 2.24) is 14.5 Å². The molecular formula is C20H22N4O7S. The lowest BCUT2D eigenvalue weighted by Crippen LogP contribution is -2.51. The fourth-order valence-corrected chi connectivity index (χ4v) is 5.18. The van der Waals surface area contributed by atoms with Gasteiger partial charge in [-0.3, -0.25) is 19.8 Å². The highest BCUT2D eigenvalue weighted by molar-refractivity contribution is 7.89. The first-order valence-electron chi connectivity index (χ1n) is 9.96. The van der Waals surface area contributed by atoms with Crippen molar-refractivity contribution in [3.8, 4) is 11.5 Å². The molecule has 0 bridgehead atoms. The van der Waals surface area contributed by atoms with E-state index in [2.05, 4.69) is 5.32 Å². The van der Waals surface area contributed by atoms with Crippen molar-refractivity contribution in [3.63, 3.8) is 0 Å². The molecule has 1 saturated heterocycles. The summed E-state index contributed by atoms with van der Waals surface area (Å²) in [7, 11) is -4.00. The second-order valence-corrected chi connectivity index (χ2v) is 9.28. The van der Waals surface area contributed by atoms with Gasteiger partial charge in [-0.1, -0.05) is 18.2 Å². The third-order valence-corrected chi connectivity index (χ3v) is 7.25. The van der Waals surface area contributed by atoms with Crippen molar-refractivity contribution in [2.75, 3.05) is 39.5 Å². The first kappa shape index (κ1) is 22.0. The minimum Gasteiger partial charge on any atom is -0.454 e. The number of para-hydroxylation sites is 1. The Bertz CT molecular complexity index is 1130. The van der Waals surface area contributed by atoms with E-state index in [0.29, 0.717) is 31.1 Å². The SMILES string of the molecule is O=C(CN1CCN(S(=O)(=O)c2ccccc2[N+](=O)[O-])CC1)NCc1ccc2c(c1)OCO2. The first-order chi connectivity index (χ1) is 15.3. The van der Waals surface area contributed by atoms with E-state index >= 15 is 0 Å². The molecule has 0 atom stereocenters. The highest BCUT2D eigenvalue weighted by Gasteiger charge is 2.33. The third-order valence-electron chi connectivity index (χ3n) is 5.30. The quantitative estimate of drug-likeness (QED) is 0.475. The molecule has 0 unspecified atom stereocenters. The van der Waals surface area contributed by atoms with Gasteiger partial charge in [-0.05, 0) is 23.8 Å². The number of hydrogen-bond donors (Lipinski definition) is 1. The summed E-state index contributed by atoms with van der Waals surface area (Å²) < 4.78 is 37.6. The highest BCUT2D eigenvalue weighted by Crippen LogP contribution is 2.32. The number of amides is 1. The number of nitrogens with one attached hydrogen (secondary N) is 1. The summed E-state index contributed by atoms with van der Waals surface area (Å²) in [6.45, 7) is 1.62. The molecule has 0 aromatic heterocycles. The van der Waals surface area contributed by atoms with Gasteiger partial charge in [-0.2, -0.15) is 4.31 Å². The zero-order valence-electron chi connectivity index (χ0n) is 17.1. The zero-order chi connectivity index (χ0) is 22.7.